The third kappa shape index (κ3) is 3.43. The van der Waals surface area contributed by atoms with Crippen LogP contribution in [0.5, 0.6) is 0 Å². The molecule has 0 aromatic carbocycles. The summed E-state index contributed by atoms with van der Waals surface area (Å²) in [7, 11) is 0.182. The molecule has 10 heavy (non-hydrogen) atoms. The summed E-state index contributed by atoms with van der Waals surface area (Å²) in [6.45, 7) is 0. The van der Waals surface area contributed by atoms with Gasteiger partial charge in [-0.2, -0.15) is 11.3 Å². The molecule has 2 heterocycles. The first kappa shape index (κ1) is 7.50. The minimum absolute atomic E-state index is 0.182. The molecule has 0 nitrogen and oxygen atoms in total. The smallest absolute Gasteiger partial charge is 0.0691 e. The van der Waals surface area contributed by atoms with Crippen LogP contribution in [0.2, 0.25) is 0 Å². The van der Waals surface area contributed by atoms with E-state index in [-0.39, 0.29) is 9.52 Å². The topological polar surface area (TPSA) is 0 Å². The van der Waals surface area contributed by atoms with Gasteiger partial charge in [0.25, 0.3) is 0 Å². The van der Waals surface area contributed by atoms with Crippen LogP contribution < -0.4 is 0 Å². The van der Waals surface area contributed by atoms with E-state index in [1.807, 2.05) is 22.9 Å². The molecule has 1 aliphatic rings. The highest BCUT2D eigenvalue weighted by Crippen LogP contribution is 1.91. The molecule has 0 amide bonds. The SMILES string of the molecule is C1=C[SiH2]C=C1.c1ccsc1. The van der Waals surface area contributed by atoms with E-state index in [4.69, 9.17) is 0 Å². The second-order valence-corrected chi connectivity index (χ2v) is 4.12. The van der Waals surface area contributed by atoms with E-state index in [9.17, 15) is 0 Å². The number of allylic oxidation sites excluding steroid dienone is 2. The normalized spacial score (nSPS) is 12.8. The Morgan fingerprint density at radius 1 is 0.900 bits per heavy atom. The minimum Gasteiger partial charge on any atom is -0.152 e. The fraction of sp³-hybridized carbons (Fsp3) is 0. The molecule has 0 N–H and O–H groups in total. The van der Waals surface area contributed by atoms with Crippen molar-refractivity contribution >= 4 is 20.9 Å². The van der Waals surface area contributed by atoms with Crippen LogP contribution in [0, 0.1) is 0 Å². The van der Waals surface area contributed by atoms with Crippen LogP contribution >= 0.6 is 11.3 Å². The van der Waals surface area contributed by atoms with Crippen molar-refractivity contribution < 1.29 is 0 Å². The molecule has 0 saturated carbocycles. The quantitative estimate of drug-likeness (QED) is 0.517. The fourth-order valence-corrected chi connectivity index (χ4v) is 1.86. The fourth-order valence-electron chi connectivity index (χ4n) is 0.620. The van der Waals surface area contributed by atoms with Crippen molar-refractivity contribution in [3.63, 3.8) is 0 Å². The average Bonchev–Trinajstić information content (AvgIpc) is 2.67. The van der Waals surface area contributed by atoms with Crippen LogP contribution in [0.15, 0.2) is 46.4 Å². The van der Waals surface area contributed by atoms with Crippen molar-refractivity contribution in [1.82, 2.24) is 0 Å². The summed E-state index contributed by atoms with van der Waals surface area (Å²) in [5.74, 6) is 0. The van der Waals surface area contributed by atoms with Crippen LogP contribution in [-0.2, 0) is 0 Å². The van der Waals surface area contributed by atoms with Crippen molar-refractivity contribution in [3.8, 4) is 0 Å². The molecule has 0 aliphatic carbocycles. The molecule has 2 rings (SSSR count). The largest absolute Gasteiger partial charge is 0.152 e. The molecule has 0 atom stereocenters. The first-order valence-corrected chi connectivity index (χ1v) is 5.86. The summed E-state index contributed by atoms with van der Waals surface area (Å²) >= 11 is 1.71. The van der Waals surface area contributed by atoms with Crippen LogP contribution in [0.1, 0.15) is 0 Å². The van der Waals surface area contributed by atoms with Crippen molar-refractivity contribution in [3.05, 3.63) is 46.4 Å². The lowest BCUT2D eigenvalue weighted by Gasteiger charge is -1.54. The second kappa shape index (κ2) is 5.20. The van der Waals surface area contributed by atoms with Gasteiger partial charge >= 0.3 is 0 Å². The Hall–Kier alpha value is -0.603. The summed E-state index contributed by atoms with van der Waals surface area (Å²) in [5.41, 5.74) is 4.53. The molecule has 52 valence electrons. The molecular formula is C8H10SSi. The van der Waals surface area contributed by atoms with E-state index in [1.165, 1.54) is 0 Å². The molecule has 0 spiro atoms. The van der Waals surface area contributed by atoms with E-state index in [1.54, 1.807) is 11.3 Å². The lowest BCUT2D eigenvalue weighted by Crippen LogP contribution is -1.63. The third-order valence-corrected chi connectivity index (χ3v) is 2.80. The summed E-state index contributed by atoms with van der Waals surface area (Å²) in [4.78, 5) is 0. The average molecular weight is 166 g/mol. The highest BCUT2D eigenvalue weighted by Gasteiger charge is 1.73. The lowest BCUT2D eigenvalue weighted by molar-refractivity contribution is 2.03. The molecule has 0 saturated heterocycles. The maximum absolute atomic E-state index is 2.26. The monoisotopic (exact) mass is 166 g/mol. The molecule has 0 fully saturated rings. The Kier molecular flexibility index (Phi) is 3.90. The zero-order valence-electron chi connectivity index (χ0n) is 5.73. The highest BCUT2D eigenvalue weighted by molar-refractivity contribution is 7.07. The summed E-state index contributed by atoms with van der Waals surface area (Å²) < 4.78 is 0. The van der Waals surface area contributed by atoms with Gasteiger partial charge in [-0.3, -0.25) is 0 Å². The zero-order valence-corrected chi connectivity index (χ0v) is 7.96. The van der Waals surface area contributed by atoms with E-state index in [2.05, 4.69) is 23.6 Å². The first-order chi connectivity index (χ1) is 5.00. The maximum Gasteiger partial charge on any atom is 0.0691 e. The standard InChI is InChI=1S/C4H4S.C4H6Si/c2*1-2-4-5-3-1/h1-4H;1-4H,5H2. The molecule has 1 aromatic heterocycles. The van der Waals surface area contributed by atoms with Crippen LogP contribution in [0.25, 0.3) is 0 Å². The van der Waals surface area contributed by atoms with Crippen molar-refractivity contribution in [2.24, 2.45) is 0 Å². The number of rotatable bonds is 0. The van der Waals surface area contributed by atoms with Gasteiger partial charge in [-0.1, -0.05) is 35.7 Å². The second-order valence-electron chi connectivity index (χ2n) is 1.89. The number of thiophene rings is 1. The van der Waals surface area contributed by atoms with Crippen LogP contribution in [0.3, 0.4) is 0 Å². The molecule has 0 unspecified atom stereocenters. The Balaban J connectivity index is 0.0000001000. The van der Waals surface area contributed by atoms with Gasteiger partial charge in [-0.25, -0.2) is 0 Å². The van der Waals surface area contributed by atoms with E-state index >= 15 is 0 Å². The lowest BCUT2D eigenvalue weighted by atomic mass is 10.6. The Morgan fingerprint density at radius 3 is 1.70 bits per heavy atom. The highest BCUT2D eigenvalue weighted by atomic mass is 32.1. The van der Waals surface area contributed by atoms with E-state index in [0.29, 0.717) is 0 Å². The molecular weight excluding hydrogens is 156 g/mol. The molecule has 0 bridgehead atoms. The van der Waals surface area contributed by atoms with Gasteiger partial charge < -0.3 is 0 Å². The maximum atomic E-state index is 2.26. The van der Waals surface area contributed by atoms with Gasteiger partial charge in [0.2, 0.25) is 0 Å². The minimum atomic E-state index is 0.182. The zero-order chi connectivity index (χ0) is 7.07. The van der Waals surface area contributed by atoms with Crippen molar-refractivity contribution in [2.45, 2.75) is 0 Å². The number of hydrogen-bond acceptors (Lipinski definition) is 1. The predicted octanol–water partition coefficient (Wildman–Crippen LogP) is 1.94. The van der Waals surface area contributed by atoms with Gasteiger partial charge in [0.15, 0.2) is 0 Å². The van der Waals surface area contributed by atoms with Crippen LogP contribution in [0.4, 0.5) is 0 Å². The van der Waals surface area contributed by atoms with Gasteiger partial charge in [-0.15, -0.1) is 0 Å². The summed E-state index contributed by atoms with van der Waals surface area (Å²) in [5, 5.41) is 4.08. The molecule has 1 aromatic rings. The first-order valence-electron chi connectivity index (χ1n) is 3.29. The van der Waals surface area contributed by atoms with Crippen LogP contribution in [-0.4, -0.2) is 9.52 Å². The van der Waals surface area contributed by atoms with Gasteiger partial charge in [0, 0.05) is 0 Å². The Labute approximate surface area is 67.7 Å². The summed E-state index contributed by atoms with van der Waals surface area (Å²) in [6, 6.07) is 4.04. The van der Waals surface area contributed by atoms with Gasteiger partial charge in [-0.05, 0) is 10.8 Å². The van der Waals surface area contributed by atoms with E-state index < -0.39 is 0 Å². The van der Waals surface area contributed by atoms with Crippen molar-refractivity contribution in [2.75, 3.05) is 0 Å². The molecule has 0 radical (unpaired) electrons. The van der Waals surface area contributed by atoms with E-state index in [0.717, 1.165) is 0 Å². The Bertz CT molecular complexity index is 172. The summed E-state index contributed by atoms with van der Waals surface area (Å²) in [6.07, 6.45) is 4.23. The number of hydrogen-bond donors (Lipinski definition) is 0. The third-order valence-electron chi connectivity index (χ3n) is 1.08. The van der Waals surface area contributed by atoms with Crippen molar-refractivity contribution in [1.29, 1.82) is 0 Å². The predicted molar refractivity (Wildman–Crippen MR) is 51.1 cm³/mol. The molecule has 2 heteroatoms. The van der Waals surface area contributed by atoms with Gasteiger partial charge in [0.05, 0.1) is 9.52 Å². The Morgan fingerprint density at radius 2 is 1.50 bits per heavy atom. The van der Waals surface area contributed by atoms with Gasteiger partial charge in [0.1, 0.15) is 0 Å². The molecule has 1 aliphatic heterocycles.